The molecule has 13 heteroatoms. The van der Waals surface area contributed by atoms with Gasteiger partial charge in [0.2, 0.25) is 5.75 Å². The number of ether oxygens (including phenoxy) is 3. The molecule has 0 fully saturated rings. The number of hydrogen-bond acceptors (Lipinski definition) is 8. The Morgan fingerprint density at radius 2 is 2.00 bits per heavy atom. The number of fused-ring (bicyclic) bond motifs is 1. The number of nitrogens with one attached hydrogen (secondary N) is 2. The number of amides is 1. The fourth-order valence-electron chi connectivity index (χ4n) is 3.33. The van der Waals surface area contributed by atoms with Crippen LogP contribution in [0.2, 0.25) is 5.02 Å². The van der Waals surface area contributed by atoms with Crippen molar-refractivity contribution in [1.82, 2.24) is 14.9 Å². The number of halogens is 4. The van der Waals surface area contributed by atoms with E-state index in [2.05, 4.69) is 20.6 Å². The Labute approximate surface area is 215 Å². The number of anilines is 2. The van der Waals surface area contributed by atoms with Gasteiger partial charge in [0.25, 0.3) is 11.8 Å². The van der Waals surface area contributed by atoms with Gasteiger partial charge in [-0.05, 0) is 50.5 Å². The van der Waals surface area contributed by atoms with Gasteiger partial charge in [-0.2, -0.15) is 18.2 Å². The molecule has 9 nitrogen and oxygen atoms in total. The average molecular weight is 538 g/mol. The predicted molar refractivity (Wildman–Crippen MR) is 131 cm³/mol. The SMILES string of the molecule is CN(C)CCOc1ccc(NC(=O)c2ccc(Cl)c(Oc3ncnc4c3OCCN4)c2)cc1C(F)(F)F. The van der Waals surface area contributed by atoms with E-state index in [1.54, 1.807) is 19.0 Å². The van der Waals surface area contributed by atoms with Crippen molar-refractivity contribution in [3.63, 3.8) is 0 Å². The molecule has 0 saturated carbocycles. The van der Waals surface area contributed by atoms with Crippen LogP contribution in [0.5, 0.6) is 23.1 Å². The third-order valence-corrected chi connectivity index (χ3v) is 5.46. The molecule has 0 atom stereocenters. The van der Waals surface area contributed by atoms with E-state index in [4.69, 9.17) is 25.8 Å². The summed E-state index contributed by atoms with van der Waals surface area (Å²) in [6.07, 6.45) is -3.39. The topological polar surface area (TPSA) is 97.8 Å². The zero-order valence-electron chi connectivity index (χ0n) is 19.9. The molecule has 1 aromatic heterocycles. The van der Waals surface area contributed by atoms with Gasteiger partial charge in [-0.1, -0.05) is 11.6 Å². The van der Waals surface area contributed by atoms with Crippen molar-refractivity contribution >= 4 is 29.0 Å². The van der Waals surface area contributed by atoms with Crippen molar-refractivity contribution in [2.45, 2.75) is 6.18 Å². The number of hydrogen-bond donors (Lipinski definition) is 2. The van der Waals surface area contributed by atoms with E-state index in [-0.39, 0.29) is 40.3 Å². The maximum Gasteiger partial charge on any atom is 0.420 e. The van der Waals surface area contributed by atoms with Gasteiger partial charge in [0.15, 0.2) is 5.82 Å². The molecule has 3 aromatic rings. The molecule has 1 aliphatic rings. The molecular formula is C24H23ClF3N5O4. The van der Waals surface area contributed by atoms with Crippen LogP contribution < -0.4 is 24.8 Å². The summed E-state index contributed by atoms with van der Waals surface area (Å²) < 4.78 is 57.6. The summed E-state index contributed by atoms with van der Waals surface area (Å²) in [4.78, 5) is 22.8. The minimum atomic E-state index is -4.68. The van der Waals surface area contributed by atoms with E-state index >= 15 is 0 Å². The first-order valence-corrected chi connectivity index (χ1v) is 11.5. The van der Waals surface area contributed by atoms with Crippen LogP contribution in [-0.4, -0.2) is 61.2 Å². The highest BCUT2D eigenvalue weighted by atomic mass is 35.5. The zero-order valence-corrected chi connectivity index (χ0v) is 20.6. The minimum absolute atomic E-state index is 0.0564. The summed E-state index contributed by atoms with van der Waals surface area (Å²) in [6, 6.07) is 7.54. The molecule has 0 radical (unpaired) electrons. The van der Waals surface area contributed by atoms with Gasteiger partial charge >= 0.3 is 6.18 Å². The van der Waals surface area contributed by atoms with Crippen LogP contribution in [0.4, 0.5) is 24.7 Å². The number of nitrogens with zero attached hydrogens (tertiary/aromatic N) is 3. The summed E-state index contributed by atoms with van der Waals surface area (Å²) in [6.45, 7) is 1.47. The molecule has 2 aromatic carbocycles. The lowest BCUT2D eigenvalue weighted by atomic mass is 10.1. The molecule has 1 amide bonds. The first kappa shape index (κ1) is 26.3. The van der Waals surface area contributed by atoms with Crippen molar-refractivity contribution < 1.29 is 32.2 Å². The molecular weight excluding hydrogens is 515 g/mol. The van der Waals surface area contributed by atoms with Crippen molar-refractivity contribution in [3.8, 4) is 23.1 Å². The van der Waals surface area contributed by atoms with Gasteiger partial charge < -0.3 is 29.7 Å². The van der Waals surface area contributed by atoms with E-state index in [0.717, 1.165) is 6.07 Å². The molecule has 0 unspecified atom stereocenters. The summed E-state index contributed by atoms with van der Waals surface area (Å²) in [5.74, 6) is -0.0394. The van der Waals surface area contributed by atoms with Gasteiger partial charge in [-0.15, -0.1) is 0 Å². The smallest absolute Gasteiger partial charge is 0.420 e. The monoisotopic (exact) mass is 537 g/mol. The highest BCUT2D eigenvalue weighted by Crippen LogP contribution is 2.39. The lowest BCUT2D eigenvalue weighted by Gasteiger charge is -2.19. The van der Waals surface area contributed by atoms with E-state index < -0.39 is 17.6 Å². The third kappa shape index (κ3) is 6.52. The molecule has 0 spiro atoms. The maximum absolute atomic E-state index is 13.6. The molecule has 37 heavy (non-hydrogen) atoms. The van der Waals surface area contributed by atoms with Crippen LogP contribution in [0.1, 0.15) is 15.9 Å². The Morgan fingerprint density at radius 1 is 1.19 bits per heavy atom. The Hall–Kier alpha value is -3.77. The number of carbonyl (C=O) groups excluding carboxylic acids is 1. The molecule has 4 rings (SSSR count). The van der Waals surface area contributed by atoms with E-state index in [1.807, 2.05) is 0 Å². The Balaban J connectivity index is 1.53. The molecule has 2 heterocycles. The summed E-state index contributed by atoms with van der Waals surface area (Å²) in [7, 11) is 3.57. The Kier molecular flexibility index (Phi) is 7.89. The first-order chi connectivity index (χ1) is 17.6. The zero-order chi connectivity index (χ0) is 26.6. The number of rotatable bonds is 8. The fraction of sp³-hybridized carbons (Fsp3) is 0.292. The van der Waals surface area contributed by atoms with Crippen LogP contribution in [0.25, 0.3) is 0 Å². The minimum Gasteiger partial charge on any atom is -0.492 e. The van der Waals surface area contributed by atoms with E-state index in [9.17, 15) is 18.0 Å². The van der Waals surface area contributed by atoms with E-state index in [1.165, 1.54) is 36.7 Å². The maximum atomic E-state index is 13.6. The second-order valence-electron chi connectivity index (χ2n) is 8.19. The number of carbonyl (C=O) groups is 1. The van der Waals surface area contributed by atoms with Gasteiger partial charge in [0, 0.05) is 17.8 Å². The van der Waals surface area contributed by atoms with Crippen LogP contribution >= 0.6 is 11.6 Å². The molecule has 196 valence electrons. The lowest BCUT2D eigenvalue weighted by molar-refractivity contribution is -0.138. The van der Waals surface area contributed by atoms with Crippen LogP contribution in [0, 0.1) is 0 Å². The predicted octanol–water partition coefficient (Wildman–Crippen LogP) is 4.94. The Bertz CT molecular complexity index is 1290. The number of likely N-dealkylation sites (N-methyl/N-ethyl adjacent to an activating group) is 1. The second-order valence-corrected chi connectivity index (χ2v) is 8.60. The van der Waals surface area contributed by atoms with Crippen molar-refractivity contribution in [2.75, 3.05) is 51.0 Å². The third-order valence-electron chi connectivity index (χ3n) is 5.15. The van der Waals surface area contributed by atoms with E-state index in [0.29, 0.717) is 31.3 Å². The normalized spacial score (nSPS) is 12.8. The van der Waals surface area contributed by atoms with Gasteiger partial charge in [0.05, 0.1) is 17.1 Å². The molecule has 2 N–H and O–H groups in total. The first-order valence-electron chi connectivity index (χ1n) is 11.1. The lowest BCUT2D eigenvalue weighted by Crippen LogP contribution is -2.20. The van der Waals surface area contributed by atoms with Crippen LogP contribution in [0.3, 0.4) is 0 Å². The average Bonchev–Trinajstić information content (AvgIpc) is 2.85. The molecule has 0 bridgehead atoms. The Morgan fingerprint density at radius 3 is 2.76 bits per heavy atom. The van der Waals surface area contributed by atoms with Gasteiger partial charge in [-0.25, -0.2) is 4.98 Å². The van der Waals surface area contributed by atoms with Gasteiger partial charge in [0.1, 0.15) is 31.0 Å². The van der Waals surface area contributed by atoms with Crippen LogP contribution in [0.15, 0.2) is 42.7 Å². The number of benzene rings is 2. The van der Waals surface area contributed by atoms with Crippen molar-refractivity contribution in [1.29, 1.82) is 0 Å². The fourth-order valence-corrected chi connectivity index (χ4v) is 3.49. The van der Waals surface area contributed by atoms with Gasteiger partial charge in [-0.3, -0.25) is 4.79 Å². The highest BCUT2D eigenvalue weighted by molar-refractivity contribution is 6.32. The molecule has 0 aliphatic carbocycles. The summed E-state index contributed by atoms with van der Waals surface area (Å²) >= 11 is 6.25. The molecule has 0 saturated heterocycles. The highest BCUT2D eigenvalue weighted by Gasteiger charge is 2.35. The largest absolute Gasteiger partial charge is 0.492 e. The van der Waals surface area contributed by atoms with Crippen molar-refractivity contribution in [3.05, 3.63) is 58.9 Å². The standard InChI is InChI=1S/C24H23ClF3N5O4/c1-33(2)8-10-35-18-6-4-15(12-16(18)24(26,27)28)32-22(34)14-3-5-17(25)19(11-14)37-23-20-21(30-13-31-23)29-7-9-36-20/h3-6,11-13H,7-10H2,1-2H3,(H,32,34)(H,29,30,31). The van der Waals surface area contributed by atoms with Crippen molar-refractivity contribution in [2.24, 2.45) is 0 Å². The number of alkyl halides is 3. The summed E-state index contributed by atoms with van der Waals surface area (Å²) in [5, 5.41) is 5.71. The summed E-state index contributed by atoms with van der Waals surface area (Å²) in [5.41, 5.74) is -0.952. The molecule has 1 aliphatic heterocycles. The van der Waals surface area contributed by atoms with Crippen LogP contribution in [-0.2, 0) is 6.18 Å². The quantitative estimate of drug-likeness (QED) is 0.417. The second kappa shape index (κ2) is 11.1. The number of aromatic nitrogens is 2.